The van der Waals surface area contributed by atoms with Gasteiger partial charge in [0.05, 0.1) is 19.0 Å². The van der Waals surface area contributed by atoms with Crippen LogP contribution in [0.1, 0.15) is 52.8 Å². The van der Waals surface area contributed by atoms with E-state index in [2.05, 4.69) is 18.9 Å². The lowest BCUT2D eigenvalue weighted by molar-refractivity contribution is -0.126. The Bertz CT molecular complexity index is 414. The minimum Gasteiger partial charge on any atom is -0.493 e. The first-order valence-electron chi connectivity index (χ1n) is 6.41. The second-order valence-corrected chi connectivity index (χ2v) is 5.87. The van der Waals surface area contributed by atoms with Crippen LogP contribution in [0.5, 0.6) is 5.75 Å². The van der Waals surface area contributed by atoms with Crippen LogP contribution in [0.15, 0.2) is 6.20 Å². The lowest BCUT2D eigenvalue weighted by Crippen LogP contribution is -2.21. The van der Waals surface area contributed by atoms with E-state index in [0.29, 0.717) is 12.8 Å². The summed E-state index contributed by atoms with van der Waals surface area (Å²) in [5.74, 6) is 1.03. The zero-order chi connectivity index (χ0) is 13.9. The Balaban J connectivity index is 2.83. The summed E-state index contributed by atoms with van der Waals surface area (Å²) < 4.78 is 7.22. The van der Waals surface area contributed by atoms with Gasteiger partial charge in [0.15, 0.2) is 5.75 Å². The average molecular weight is 252 g/mol. The predicted molar refractivity (Wildman–Crippen MR) is 71.9 cm³/mol. The second kappa shape index (κ2) is 5.55. The van der Waals surface area contributed by atoms with Crippen molar-refractivity contribution in [3.63, 3.8) is 0 Å². The molecule has 0 unspecified atom stereocenters. The van der Waals surface area contributed by atoms with Gasteiger partial charge in [0.2, 0.25) is 0 Å². The number of carbonyl (C=O) groups excluding carboxylic acids is 1. The molecule has 4 nitrogen and oxygen atoms in total. The molecule has 1 aromatic heterocycles. The normalized spacial score (nSPS) is 11.9. The molecule has 1 rings (SSSR count). The molecular weight excluding hydrogens is 228 g/mol. The van der Waals surface area contributed by atoms with Gasteiger partial charge in [0.25, 0.3) is 0 Å². The van der Waals surface area contributed by atoms with Gasteiger partial charge >= 0.3 is 0 Å². The molecule has 0 aromatic carbocycles. The van der Waals surface area contributed by atoms with Crippen molar-refractivity contribution in [2.45, 2.75) is 53.5 Å². The van der Waals surface area contributed by atoms with E-state index in [4.69, 9.17) is 4.74 Å². The van der Waals surface area contributed by atoms with Gasteiger partial charge in [0.1, 0.15) is 5.78 Å². The van der Waals surface area contributed by atoms with Crippen LogP contribution in [-0.2, 0) is 11.2 Å². The smallest absolute Gasteiger partial charge is 0.159 e. The summed E-state index contributed by atoms with van der Waals surface area (Å²) in [5, 5.41) is 4.31. The molecule has 0 saturated heterocycles. The Kier molecular flexibility index (Phi) is 4.54. The quantitative estimate of drug-likeness (QED) is 0.809. The zero-order valence-electron chi connectivity index (χ0n) is 12.3. The first-order chi connectivity index (χ1) is 8.27. The minimum absolute atomic E-state index is 0.265. The van der Waals surface area contributed by atoms with Gasteiger partial charge in [-0.3, -0.25) is 9.48 Å². The molecule has 4 heteroatoms. The topological polar surface area (TPSA) is 44.1 Å². The number of ketones is 1. The molecule has 1 heterocycles. The molecular formula is C14H24N2O2. The van der Waals surface area contributed by atoms with E-state index in [1.807, 2.05) is 25.5 Å². The van der Waals surface area contributed by atoms with Crippen molar-refractivity contribution in [2.24, 2.45) is 5.41 Å². The fourth-order valence-corrected chi connectivity index (χ4v) is 1.83. The second-order valence-electron chi connectivity index (χ2n) is 5.87. The standard InChI is InChI=1S/C14H24N2O2/c1-10(2)16-11(12(18-6)9-15-16)7-8-13(17)14(3,4)5/h9-10H,7-8H2,1-6H3. The lowest BCUT2D eigenvalue weighted by Gasteiger charge is -2.17. The highest BCUT2D eigenvalue weighted by Crippen LogP contribution is 2.24. The molecule has 102 valence electrons. The third kappa shape index (κ3) is 3.34. The van der Waals surface area contributed by atoms with Gasteiger partial charge in [-0.2, -0.15) is 5.10 Å². The van der Waals surface area contributed by atoms with Gasteiger partial charge in [-0.05, 0) is 20.3 Å². The van der Waals surface area contributed by atoms with Crippen molar-refractivity contribution in [1.82, 2.24) is 9.78 Å². The summed E-state index contributed by atoms with van der Waals surface area (Å²) in [5.41, 5.74) is 0.723. The van der Waals surface area contributed by atoms with Crippen LogP contribution in [0.3, 0.4) is 0 Å². The predicted octanol–water partition coefficient (Wildman–Crippen LogP) is 3.02. The summed E-state index contributed by atoms with van der Waals surface area (Å²) in [4.78, 5) is 12.0. The van der Waals surface area contributed by atoms with Crippen molar-refractivity contribution in [2.75, 3.05) is 7.11 Å². The Morgan fingerprint density at radius 3 is 2.50 bits per heavy atom. The first-order valence-corrected chi connectivity index (χ1v) is 6.41. The van der Waals surface area contributed by atoms with Gasteiger partial charge < -0.3 is 4.74 Å². The highest BCUT2D eigenvalue weighted by atomic mass is 16.5. The Morgan fingerprint density at radius 2 is 2.06 bits per heavy atom. The fourth-order valence-electron chi connectivity index (χ4n) is 1.83. The van der Waals surface area contributed by atoms with E-state index < -0.39 is 0 Å². The Hall–Kier alpha value is -1.32. The van der Waals surface area contributed by atoms with Crippen LogP contribution in [0, 0.1) is 5.41 Å². The molecule has 0 amide bonds. The maximum atomic E-state index is 12.0. The van der Waals surface area contributed by atoms with Crippen LogP contribution >= 0.6 is 0 Å². The van der Waals surface area contributed by atoms with Gasteiger partial charge in [-0.15, -0.1) is 0 Å². The van der Waals surface area contributed by atoms with E-state index in [-0.39, 0.29) is 17.2 Å². The number of hydrogen-bond acceptors (Lipinski definition) is 3. The van der Waals surface area contributed by atoms with Crippen molar-refractivity contribution in [3.8, 4) is 5.75 Å². The molecule has 0 atom stereocenters. The molecule has 0 aliphatic heterocycles. The molecule has 1 aromatic rings. The first kappa shape index (κ1) is 14.7. The molecule has 0 saturated carbocycles. The maximum absolute atomic E-state index is 12.0. The largest absolute Gasteiger partial charge is 0.493 e. The SMILES string of the molecule is COc1cnn(C(C)C)c1CCC(=O)C(C)(C)C. The molecule has 0 aliphatic rings. The zero-order valence-corrected chi connectivity index (χ0v) is 12.3. The Morgan fingerprint density at radius 1 is 1.44 bits per heavy atom. The number of rotatable bonds is 5. The van der Waals surface area contributed by atoms with Crippen molar-refractivity contribution < 1.29 is 9.53 Å². The van der Waals surface area contributed by atoms with Crippen LogP contribution < -0.4 is 4.74 Å². The number of methoxy groups -OCH3 is 1. The molecule has 0 fully saturated rings. The average Bonchev–Trinajstić information content (AvgIpc) is 2.67. The lowest BCUT2D eigenvalue weighted by atomic mass is 9.88. The Labute approximate surface area is 109 Å². The van der Waals surface area contributed by atoms with E-state index in [9.17, 15) is 4.79 Å². The third-order valence-electron chi connectivity index (χ3n) is 2.99. The van der Waals surface area contributed by atoms with Gasteiger partial charge in [0, 0.05) is 17.9 Å². The fraction of sp³-hybridized carbons (Fsp3) is 0.714. The summed E-state index contributed by atoms with van der Waals surface area (Å²) in [6, 6.07) is 0.272. The highest BCUT2D eigenvalue weighted by Gasteiger charge is 2.22. The molecule has 0 spiro atoms. The number of nitrogens with zero attached hydrogens (tertiary/aromatic N) is 2. The highest BCUT2D eigenvalue weighted by molar-refractivity contribution is 5.83. The molecule has 0 aliphatic carbocycles. The molecule has 0 N–H and O–H groups in total. The summed E-state index contributed by atoms with van der Waals surface area (Å²) >= 11 is 0. The molecule has 0 radical (unpaired) electrons. The molecule has 18 heavy (non-hydrogen) atoms. The number of ether oxygens (including phenoxy) is 1. The van der Waals surface area contributed by atoms with Crippen LogP contribution in [0.2, 0.25) is 0 Å². The number of aromatic nitrogens is 2. The summed E-state index contributed by atoms with van der Waals surface area (Å²) in [6.07, 6.45) is 2.92. The van der Waals surface area contributed by atoms with Crippen molar-refractivity contribution in [3.05, 3.63) is 11.9 Å². The molecule has 0 bridgehead atoms. The van der Waals surface area contributed by atoms with E-state index in [0.717, 1.165) is 11.4 Å². The van der Waals surface area contributed by atoms with Crippen LogP contribution in [-0.4, -0.2) is 22.7 Å². The maximum Gasteiger partial charge on any atom is 0.159 e. The number of carbonyl (C=O) groups is 1. The minimum atomic E-state index is -0.282. The van der Waals surface area contributed by atoms with Gasteiger partial charge in [-0.1, -0.05) is 20.8 Å². The summed E-state index contributed by atoms with van der Waals surface area (Å²) in [6.45, 7) is 9.99. The van der Waals surface area contributed by atoms with Gasteiger partial charge in [-0.25, -0.2) is 0 Å². The van der Waals surface area contributed by atoms with Crippen LogP contribution in [0.25, 0.3) is 0 Å². The van der Waals surface area contributed by atoms with E-state index in [1.54, 1.807) is 13.3 Å². The monoisotopic (exact) mass is 252 g/mol. The number of Topliss-reactive ketones (excluding diaryl/α,β-unsaturated/α-hetero) is 1. The van der Waals surface area contributed by atoms with Crippen LogP contribution in [0.4, 0.5) is 0 Å². The van der Waals surface area contributed by atoms with Crippen molar-refractivity contribution in [1.29, 1.82) is 0 Å². The van der Waals surface area contributed by atoms with E-state index in [1.165, 1.54) is 0 Å². The van der Waals surface area contributed by atoms with E-state index >= 15 is 0 Å². The number of hydrogen-bond donors (Lipinski definition) is 0. The summed E-state index contributed by atoms with van der Waals surface area (Å²) in [7, 11) is 1.64. The third-order valence-corrected chi connectivity index (χ3v) is 2.99. The van der Waals surface area contributed by atoms with Crippen molar-refractivity contribution >= 4 is 5.78 Å².